The maximum Gasteiger partial charge on any atom is 0.137 e. The molecule has 1 heterocycles. The van der Waals surface area contributed by atoms with Crippen molar-refractivity contribution in [3.8, 4) is 5.75 Å². The van der Waals surface area contributed by atoms with Crippen LogP contribution in [0.3, 0.4) is 0 Å². The van der Waals surface area contributed by atoms with Crippen LogP contribution in [0, 0.1) is 11.8 Å². The van der Waals surface area contributed by atoms with E-state index in [1.807, 2.05) is 12.1 Å². The van der Waals surface area contributed by atoms with Gasteiger partial charge in [0.2, 0.25) is 0 Å². The molecule has 0 spiro atoms. The summed E-state index contributed by atoms with van der Waals surface area (Å²) in [7, 11) is 0. The highest BCUT2D eigenvalue weighted by Gasteiger charge is 2.09. The van der Waals surface area contributed by atoms with E-state index in [4.69, 9.17) is 10.5 Å². The minimum Gasteiger partial charge on any atom is -0.492 e. The van der Waals surface area contributed by atoms with Crippen molar-refractivity contribution < 1.29 is 4.74 Å². The van der Waals surface area contributed by atoms with Gasteiger partial charge in [0.1, 0.15) is 5.75 Å². The second kappa shape index (κ2) is 6.40. The number of nitrogens with two attached hydrogens (primary N) is 1. The molecule has 0 bridgehead atoms. The van der Waals surface area contributed by atoms with Crippen LogP contribution in [0.5, 0.6) is 5.75 Å². The van der Waals surface area contributed by atoms with Gasteiger partial charge in [-0.3, -0.25) is 4.98 Å². The van der Waals surface area contributed by atoms with E-state index in [1.54, 1.807) is 12.4 Å². The summed E-state index contributed by atoms with van der Waals surface area (Å²) in [5.74, 6) is 1.92. The number of rotatable bonds is 6. The molecule has 0 aliphatic carbocycles. The molecule has 1 atom stereocenters. The summed E-state index contributed by atoms with van der Waals surface area (Å²) in [6.07, 6.45) is 4.57. The van der Waals surface area contributed by atoms with Gasteiger partial charge in [0.25, 0.3) is 0 Å². The van der Waals surface area contributed by atoms with Gasteiger partial charge < -0.3 is 10.5 Å². The van der Waals surface area contributed by atoms with Crippen molar-refractivity contribution in [2.75, 3.05) is 13.2 Å². The number of hydrogen-bond acceptors (Lipinski definition) is 3. The van der Waals surface area contributed by atoms with E-state index in [-0.39, 0.29) is 0 Å². The van der Waals surface area contributed by atoms with Gasteiger partial charge in [0.15, 0.2) is 0 Å². The standard InChI is InChI=1S/C12H20N2O/c1-10(2)6-11(7-13)9-15-12-4-3-5-14-8-12/h3-5,8,10-11H,6-7,9,13H2,1-2H3. The van der Waals surface area contributed by atoms with E-state index in [2.05, 4.69) is 18.8 Å². The zero-order chi connectivity index (χ0) is 11.1. The zero-order valence-electron chi connectivity index (χ0n) is 9.52. The fourth-order valence-electron chi connectivity index (χ4n) is 1.55. The SMILES string of the molecule is CC(C)CC(CN)COc1cccnc1. The van der Waals surface area contributed by atoms with Crippen molar-refractivity contribution in [2.45, 2.75) is 20.3 Å². The molecule has 0 saturated heterocycles. The highest BCUT2D eigenvalue weighted by Crippen LogP contribution is 2.13. The Morgan fingerprint density at radius 3 is 2.80 bits per heavy atom. The van der Waals surface area contributed by atoms with Crippen molar-refractivity contribution in [3.05, 3.63) is 24.5 Å². The van der Waals surface area contributed by atoms with Gasteiger partial charge in [-0.15, -0.1) is 0 Å². The zero-order valence-corrected chi connectivity index (χ0v) is 9.52. The maximum absolute atomic E-state index is 5.69. The summed E-state index contributed by atoms with van der Waals surface area (Å²) in [5, 5.41) is 0. The van der Waals surface area contributed by atoms with E-state index in [0.29, 0.717) is 25.0 Å². The average Bonchev–Trinajstić information content (AvgIpc) is 2.25. The second-order valence-corrected chi connectivity index (χ2v) is 4.23. The number of pyridine rings is 1. The van der Waals surface area contributed by atoms with Crippen LogP contribution in [-0.4, -0.2) is 18.1 Å². The smallest absolute Gasteiger partial charge is 0.137 e. The number of nitrogens with zero attached hydrogens (tertiary/aromatic N) is 1. The maximum atomic E-state index is 5.69. The van der Waals surface area contributed by atoms with Crippen molar-refractivity contribution in [1.82, 2.24) is 4.98 Å². The molecule has 0 fully saturated rings. The van der Waals surface area contributed by atoms with Gasteiger partial charge in [0, 0.05) is 12.1 Å². The van der Waals surface area contributed by atoms with E-state index >= 15 is 0 Å². The third-order valence-corrected chi connectivity index (χ3v) is 2.26. The molecule has 0 aliphatic heterocycles. The average molecular weight is 208 g/mol. The van der Waals surface area contributed by atoms with Crippen LogP contribution in [0.25, 0.3) is 0 Å². The molecule has 0 aliphatic rings. The Labute approximate surface area is 91.7 Å². The van der Waals surface area contributed by atoms with Gasteiger partial charge in [-0.2, -0.15) is 0 Å². The predicted octanol–water partition coefficient (Wildman–Crippen LogP) is 2.08. The van der Waals surface area contributed by atoms with Crippen molar-refractivity contribution in [2.24, 2.45) is 17.6 Å². The van der Waals surface area contributed by atoms with Gasteiger partial charge in [-0.1, -0.05) is 13.8 Å². The topological polar surface area (TPSA) is 48.1 Å². The summed E-state index contributed by atoms with van der Waals surface area (Å²) >= 11 is 0. The first-order chi connectivity index (χ1) is 7.22. The second-order valence-electron chi connectivity index (χ2n) is 4.23. The van der Waals surface area contributed by atoms with Crippen LogP contribution >= 0.6 is 0 Å². The Bertz CT molecular complexity index is 262. The van der Waals surface area contributed by atoms with Crippen molar-refractivity contribution >= 4 is 0 Å². The Kier molecular flexibility index (Phi) is 5.12. The van der Waals surface area contributed by atoms with E-state index in [9.17, 15) is 0 Å². The van der Waals surface area contributed by atoms with Crippen LogP contribution in [0.15, 0.2) is 24.5 Å². The van der Waals surface area contributed by atoms with Crippen LogP contribution in [0.1, 0.15) is 20.3 Å². The lowest BCUT2D eigenvalue weighted by Crippen LogP contribution is -2.23. The number of aromatic nitrogens is 1. The first kappa shape index (κ1) is 12.0. The molecule has 0 radical (unpaired) electrons. The van der Waals surface area contributed by atoms with E-state index < -0.39 is 0 Å². The summed E-state index contributed by atoms with van der Waals surface area (Å²) < 4.78 is 5.62. The summed E-state index contributed by atoms with van der Waals surface area (Å²) in [6, 6.07) is 3.78. The lowest BCUT2D eigenvalue weighted by atomic mass is 9.98. The molecular weight excluding hydrogens is 188 g/mol. The molecular formula is C12H20N2O. The van der Waals surface area contributed by atoms with Crippen molar-refractivity contribution in [3.63, 3.8) is 0 Å². The third-order valence-electron chi connectivity index (χ3n) is 2.26. The Balaban J connectivity index is 2.34. The molecule has 15 heavy (non-hydrogen) atoms. The van der Waals surface area contributed by atoms with Gasteiger partial charge in [0.05, 0.1) is 12.8 Å². The Morgan fingerprint density at radius 1 is 1.47 bits per heavy atom. The molecule has 0 saturated carbocycles. The highest BCUT2D eigenvalue weighted by atomic mass is 16.5. The lowest BCUT2D eigenvalue weighted by molar-refractivity contribution is 0.230. The molecule has 3 nitrogen and oxygen atoms in total. The molecule has 1 unspecified atom stereocenters. The van der Waals surface area contributed by atoms with E-state index in [0.717, 1.165) is 12.2 Å². The van der Waals surface area contributed by atoms with Crippen LogP contribution < -0.4 is 10.5 Å². The summed E-state index contributed by atoms with van der Waals surface area (Å²) in [4.78, 5) is 3.99. The molecule has 1 aromatic rings. The van der Waals surface area contributed by atoms with Crippen LogP contribution in [0.2, 0.25) is 0 Å². The predicted molar refractivity (Wildman–Crippen MR) is 61.7 cm³/mol. The van der Waals surface area contributed by atoms with E-state index in [1.165, 1.54) is 0 Å². The number of hydrogen-bond donors (Lipinski definition) is 1. The minimum atomic E-state index is 0.435. The summed E-state index contributed by atoms with van der Waals surface area (Å²) in [6.45, 7) is 5.76. The van der Waals surface area contributed by atoms with Gasteiger partial charge in [-0.25, -0.2) is 0 Å². The third kappa shape index (κ3) is 4.79. The first-order valence-corrected chi connectivity index (χ1v) is 5.45. The normalized spacial score (nSPS) is 12.8. The fraction of sp³-hybridized carbons (Fsp3) is 0.583. The molecule has 1 aromatic heterocycles. The molecule has 0 amide bonds. The molecule has 2 N–H and O–H groups in total. The number of ether oxygens (including phenoxy) is 1. The largest absolute Gasteiger partial charge is 0.492 e. The van der Waals surface area contributed by atoms with Crippen LogP contribution in [-0.2, 0) is 0 Å². The molecule has 84 valence electrons. The Hall–Kier alpha value is -1.09. The Morgan fingerprint density at radius 2 is 2.27 bits per heavy atom. The molecule has 3 heteroatoms. The first-order valence-electron chi connectivity index (χ1n) is 5.45. The quantitative estimate of drug-likeness (QED) is 0.778. The van der Waals surface area contributed by atoms with Crippen LogP contribution in [0.4, 0.5) is 0 Å². The monoisotopic (exact) mass is 208 g/mol. The highest BCUT2D eigenvalue weighted by molar-refractivity contribution is 5.15. The molecule has 0 aromatic carbocycles. The fourth-order valence-corrected chi connectivity index (χ4v) is 1.55. The van der Waals surface area contributed by atoms with Gasteiger partial charge >= 0.3 is 0 Å². The van der Waals surface area contributed by atoms with Crippen molar-refractivity contribution in [1.29, 1.82) is 0 Å². The summed E-state index contributed by atoms with van der Waals surface area (Å²) in [5.41, 5.74) is 5.69. The lowest BCUT2D eigenvalue weighted by Gasteiger charge is -2.17. The van der Waals surface area contributed by atoms with Gasteiger partial charge in [-0.05, 0) is 31.0 Å². The minimum absolute atomic E-state index is 0.435. The molecule has 1 rings (SSSR count).